The summed E-state index contributed by atoms with van der Waals surface area (Å²) in [5.41, 5.74) is 0.917. The minimum Gasteiger partial charge on any atom is -0.356 e. The molecule has 0 saturated heterocycles. The zero-order valence-corrected chi connectivity index (χ0v) is 11.2. The van der Waals surface area contributed by atoms with Gasteiger partial charge in [-0.1, -0.05) is 12.1 Å². The normalized spacial score (nSPS) is 11.9. The maximum atomic E-state index is 11.3. The van der Waals surface area contributed by atoms with Gasteiger partial charge in [-0.05, 0) is 19.4 Å². The summed E-state index contributed by atoms with van der Waals surface area (Å²) in [5.74, 6) is 0.00115. The van der Waals surface area contributed by atoms with Crippen LogP contribution in [0.3, 0.4) is 0 Å². The highest BCUT2D eigenvalue weighted by Crippen LogP contribution is 2.18. The summed E-state index contributed by atoms with van der Waals surface area (Å²) in [6.07, 6.45) is 0.396. The molecule has 1 unspecified atom stereocenters. The monoisotopic (exact) mass is 265 g/mol. The van der Waals surface area contributed by atoms with Crippen LogP contribution in [0.1, 0.15) is 31.9 Å². The Morgan fingerprint density at radius 2 is 2.21 bits per heavy atom. The largest absolute Gasteiger partial charge is 0.356 e. The molecule has 19 heavy (non-hydrogen) atoms. The van der Waals surface area contributed by atoms with Crippen molar-refractivity contribution in [1.29, 1.82) is 0 Å². The quantitative estimate of drug-likeness (QED) is 0.581. The van der Waals surface area contributed by atoms with E-state index in [1.54, 1.807) is 12.1 Å². The molecule has 0 saturated carbocycles. The summed E-state index contributed by atoms with van der Waals surface area (Å²) in [7, 11) is 0. The first kappa shape index (κ1) is 15.1. The molecule has 0 heterocycles. The maximum Gasteiger partial charge on any atom is 0.269 e. The number of carbonyl (C=O) groups excluding carboxylic acids is 1. The van der Waals surface area contributed by atoms with Crippen LogP contribution in [0, 0.1) is 10.1 Å². The maximum absolute atomic E-state index is 11.3. The summed E-state index contributed by atoms with van der Waals surface area (Å²) in [5, 5.41) is 16.6. The highest BCUT2D eigenvalue weighted by Gasteiger charge is 2.10. The summed E-state index contributed by atoms with van der Waals surface area (Å²) < 4.78 is 0. The smallest absolute Gasteiger partial charge is 0.269 e. The van der Waals surface area contributed by atoms with Crippen molar-refractivity contribution in [3.05, 3.63) is 39.9 Å². The fourth-order valence-electron chi connectivity index (χ4n) is 1.71. The van der Waals surface area contributed by atoms with E-state index in [2.05, 4.69) is 10.6 Å². The number of hydrogen-bond acceptors (Lipinski definition) is 4. The lowest BCUT2D eigenvalue weighted by molar-refractivity contribution is -0.384. The van der Waals surface area contributed by atoms with Crippen LogP contribution in [0.4, 0.5) is 5.69 Å². The molecule has 0 aliphatic rings. The lowest BCUT2D eigenvalue weighted by Gasteiger charge is -2.13. The van der Waals surface area contributed by atoms with Gasteiger partial charge in [-0.3, -0.25) is 14.9 Å². The number of rotatable bonds is 7. The number of nitrogens with zero attached hydrogens (tertiary/aromatic N) is 1. The first-order valence-electron chi connectivity index (χ1n) is 6.29. The van der Waals surface area contributed by atoms with Gasteiger partial charge in [0.15, 0.2) is 0 Å². The van der Waals surface area contributed by atoms with Crippen molar-refractivity contribution in [2.75, 3.05) is 13.1 Å². The van der Waals surface area contributed by atoms with Crippen LogP contribution >= 0.6 is 0 Å². The van der Waals surface area contributed by atoms with E-state index in [0.29, 0.717) is 19.5 Å². The molecule has 0 aliphatic carbocycles. The van der Waals surface area contributed by atoms with Crippen LogP contribution in [0.2, 0.25) is 0 Å². The van der Waals surface area contributed by atoms with Crippen molar-refractivity contribution < 1.29 is 9.72 Å². The van der Waals surface area contributed by atoms with Gasteiger partial charge in [-0.2, -0.15) is 0 Å². The Hall–Kier alpha value is -1.95. The van der Waals surface area contributed by atoms with Crippen LogP contribution in [0.25, 0.3) is 0 Å². The summed E-state index contributed by atoms with van der Waals surface area (Å²) >= 11 is 0. The summed E-state index contributed by atoms with van der Waals surface area (Å²) in [4.78, 5) is 21.5. The van der Waals surface area contributed by atoms with Crippen LogP contribution in [-0.4, -0.2) is 23.9 Å². The fraction of sp³-hybridized carbons (Fsp3) is 0.462. The summed E-state index contributed by atoms with van der Waals surface area (Å²) in [6, 6.07) is 6.47. The predicted molar refractivity (Wildman–Crippen MR) is 72.8 cm³/mol. The highest BCUT2D eigenvalue weighted by atomic mass is 16.6. The third-order valence-electron chi connectivity index (χ3n) is 2.76. The van der Waals surface area contributed by atoms with Gasteiger partial charge in [0.1, 0.15) is 0 Å². The second-order valence-electron chi connectivity index (χ2n) is 4.23. The molecule has 104 valence electrons. The standard InChI is InChI=1S/C13H19N3O3/c1-3-14-13(17)7-8-15-10(2)11-5-4-6-12(9-11)16(18)19/h4-6,9-10,15H,3,7-8H2,1-2H3,(H,14,17). The van der Waals surface area contributed by atoms with E-state index in [0.717, 1.165) is 5.56 Å². The van der Waals surface area contributed by atoms with Crippen molar-refractivity contribution in [3.63, 3.8) is 0 Å². The number of amides is 1. The first-order valence-corrected chi connectivity index (χ1v) is 6.29. The van der Waals surface area contributed by atoms with E-state index in [1.165, 1.54) is 6.07 Å². The van der Waals surface area contributed by atoms with Gasteiger partial charge < -0.3 is 10.6 Å². The van der Waals surface area contributed by atoms with Gasteiger partial charge in [-0.15, -0.1) is 0 Å². The van der Waals surface area contributed by atoms with Gasteiger partial charge in [0, 0.05) is 37.7 Å². The topological polar surface area (TPSA) is 84.3 Å². The molecular formula is C13H19N3O3. The average molecular weight is 265 g/mol. The second kappa shape index (κ2) is 7.48. The van der Waals surface area contributed by atoms with E-state index in [9.17, 15) is 14.9 Å². The zero-order valence-electron chi connectivity index (χ0n) is 11.2. The Bertz CT molecular complexity index is 449. The minimum absolute atomic E-state index is 0.00115. The molecule has 0 bridgehead atoms. The van der Waals surface area contributed by atoms with Gasteiger partial charge in [0.05, 0.1) is 4.92 Å². The molecule has 0 aromatic heterocycles. The van der Waals surface area contributed by atoms with Crippen LogP contribution < -0.4 is 10.6 Å². The molecule has 1 aromatic rings. The Morgan fingerprint density at radius 3 is 2.84 bits per heavy atom. The van der Waals surface area contributed by atoms with Gasteiger partial charge in [-0.25, -0.2) is 0 Å². The third-order valence-corrected chi connectivity index (χ3v) is 2.76. The molecule has 6 heteroatoms. The number of benzene rings is 1. The molecule has 0 aliphatic heterocycles. The van der Waals surface area contributed by atoms with Gasteiger partial charge in [0.2, 0.25) is 5.91 Å². The lowest BCUT2D eigenvalue weighted by Crippen LogP contribution is -2.28. The Labute approximate surface area is 112 Å². The number of nitrogens with one attached hydrogen (secondary N) is 2. The Kier molecular flexibility index (Phi) is 5.95. The number of hydrogen-bond donors (Lipinski definition) is 2. The molecule has 2 N–H and O–H groups in total. The molecular weight excluding hydrogens is 246 g/mol. The molecule has 1 atom stereocenters. The van der Waals surface area contributed by atoms with E-state index >= 15 is 0 Å². The number of nitro benzene ring substituents is 1. The molecule has 0 spiro atoms. The van der Waals surface area contributed by atoms with E-state index < -0.39 is 4.92 Å². The average Bonchev–Trinajstić information content (AvgIpc) is 2.39. The Balaban J connectivity index is 2.49. The van der Waals surface area contributed by atoms with E-state index in [-0.39, 0.29) is 17.6 Å². The van der Waals surface area contributed by atoms with Crippen molar-refractivity contribution in [2.24, 2.45) is 0 Å². The first-order chi connectivity index (χ1) is 9.04. The number of non-ortho nitro benzene ring substituents is 1. The molecule has 0 fully saturated rings. The van der Waals surface area contributed by atoms with Crippen molar-refractivity contribution in [1.82, 2.24) is 10.6 Å². The van der Waals surface area contributed by atoms with E-state index in [4.69, 9.17) is 0 Å². The van der Waals surface area contributed by atoms with Crippen molar-refractivity contribution in [2.45, 2.75) is 26.3 Å². The Morgan fingerprint density at radius 1 is 1.47 bits per heavy atom. The zero-order chi connectivity index (χ0) is 14.3. The van der Waals surface area contributed by atoms with Crippen molar-refractivity contribution in [3.8, 4) is 0 Å². The fourth-order valence-corrected chi connectivity index (χ4v) is 1.71. The number of nitro groups is 1. The van der Waals surface area contributed by atoms with Crippen LogP contribution in [-0.2, 0) is 4.79 Å². The third kappa shape index (κ3) is 5.05. The molecule has 1 rings (SSSR count). The highest BCUT2D eigenvalue weighted by molar-refractivity contribution is 5.75. The lowest BCUT2D eigenvalue weighted by atomic mass is 10.1. The minimum atomic E-state index is -0.412. The van der Waals surface area contributed by atoms with Crippen LogP contribution in [0.15, 0.2) is 24.3 Å². The molecule has 1 aromatic carbocycles. The molecule has 6 nitrogen and oxygen atoms in total. The van der Waals surface area contributed by atoms with E-state index in [1.807, 2.05) is 19.9 Å². The SMILES string of the molecule is CCNC(=O)CCNC(C)c1cccc([N+](=O)[O-])c1. The van der Waals surface area contributed by atoms with Gasteiger partial charge in [0.25, 0.3) is 5.69 Å². The molecule has 0 radical (unpaired) electrons. The summed E-state index contributed by atoms with van der Waals surface area (Å²) in [6.45, 7) is 4.95. The molecule has 1 amide bonds. The van der Waals surface area contributed by atoms with Gasteiger partial charge >= 0.3 is 0 Å². The second-order valence-corrected chi connectivity index (χ2v) is 4.23. The van der Waals surface area contributed by atoms with Crippen LogP contribution in [0.5, 0.6) is 0 Å². The predicted octanol–water partition coefficient (Wildman–Crippen LogP) is 1.77. The number of carbonyl (C=O) groups is 1. The van der Waals surface area contributed by atoms with Crippen molar-refractivity contribution >= 4 is 11.6 Å².